The lowest BCUT2D eigenvalue weighted by atomic mass is 9.99. The molecule has 0 aliphatic rings. The van der Waals surface area contributed by atoms with E-state index in [4.69, 9.17) is 9.47 Å². The van der Waals surface area contributed by atoms with E-state index in [1.165, 1.54) is 56.1 Å². The van der Waals surface area contributed by atoms with Crippen LogP contribution in [-0.2, 0) is 12.8 Å². The number of benzene rings is 2. The third-order valence-electron chi connectivity index (χ3n) is 5.54. The Hall–Kier alpha value is -2.00. The zero-order valence-electron chi connectivity index (χ0n) is 19.3. The highest BCUT2D eigenvalue weighted by atomic mass is 16.5. The van der Waals surface area contributed by atoms with Crippen LogP contribution in [0.2, 0.25) is 0 Å². The summed E-state index contributed by atoms with van der Waals surface area (Å²) < 4.78 is 11.7. The van der Waals surface area contributed by atoms with Crippen LogP contribution in [0.5, 0.6) is 11.5 Å². The fourth-order valence-corrected chi connectivity index (χ4v) is 3.79. The third kappa shape index (κ3) is 9.21. The normalized spacial score (nSPS) is 12.0. The maximum absolute atomic E-state index is 6.12. The topological polar surface area (TPSA) is 30.5 Å². The van der Waals surface area contributed by atoms with Gasteiger partial charge in [0, 0.05) is 12.5 Å². The van der Waals surface area contributed by atoms with Crippen molar-refractivity contribution in [3.63, 3.8) is 0 Å². The molecule has 2 aromatic rings. The van der Waals surface area contributed by atoms with E-state index in [0.29, 0.717) is 12.6 Å². The maximum atomic E-state index is 6.12. The summed E-state index contributed by atoms with van der Waals surface area (Å²) in [5.74, 6) is 1.66. The predicted molar refractivity (Wildman–Crippen MR) is 128 cm³/mol. The second-order valence-corrected chi connectivity index (χ2v) is 8.13. The number of ether oxygens (including phenoxy) is 2. The largest absolute Gasteiger partial charge is 0.493 e. The standard InChI is InChI=1S/C27H41NO2/c1-4-6-7-8-12-15-25(28-19-5-2)21-24-16-17-26(29-3)27(22-24)30-20-18-23-13-10-9-11-14-23/h9-11,13-14,16-17,22,25,28H,4-8,12,15,18-21H2,1-3H3/t25-/m0/s1. The summed E-state index contributed by atoms with van der Waals surface area (Å²) in [6, 6.07) is 17.4. The van der Waals surface area contributed by atoms with Crippen LogP contribution in [0.3, 0.4) is 0 Å². The Bertz CT molecular complexity index is 687. The van der Waals surface area contributed by atoms with Crippen LogP contribution >= 0.6 is 0 Å². The van der Waals surface area contributed by atoms with Gasteiger partial charge in [-0.05, 0) is 49.1 Å². The molecule has 0 heterocycles. The minimum absolute atomic E-state index is 0.525. The number of methoxy groups -OCH3 is 1. The van der Waals surface area contributed by atoms with Gasteiger partial charge in [0.25, 0.3) is 0 Å². The van der Waals surface area contributed by atoms with Gasteiger partial charge >= 0.3 is 0 Å². The lowest BCUT2D eigenvalue weighted by Crippen LogP contribution is -2.31. The summed E-state index contributed by atoms with van der Waals surface area (Å²) in [6.45, 7) is 6.24. The van der Waals surface area contributed by atoms with E-state index in [9.17, 15) is 0 Å². The zero-order chi connectivity index (χ0) is 21.4. The number of nitrogens with one attached hydrogen (secondary N) is 1. The Labute approximate surface area is 184 Å². The van der Waals surface area contributed by atoms with Crippen LogP contribution in [0.25, 0.3) is 0 Å². The summed E-state index contributed by atoms with van der Waals surface area (Å²) in [5, 5.41) is 3.75. The monoisotopic (exact) mass is 411 g/mol. The molecule has 0 spiro atoms. The lowest BCUT2D eigenvalue weighted by Gasteiger charge is -2.20. The number of rotatable bonds is 16. The van der Waals surface area contributed by atoms with Crippen molar-refractivity contribution in [1.82, 2.24) is 5.32 Å². The molecule has 0 saturated carbocycles. The zero-order valence-corrected chi connectivity index (χ0v) is 19.3. The SMILES string of the molecule is CCCCCCC[C@@H](Cc1ccc(OC)c(OCCc2ccccc2)c1)NCCC. The fourth-order valence-electron chi connectivity index (χ4n) is 3.79. The van der Waals surface area contributed by atoms with Crippen molar-refractivity contribution in [3.05, 3.63) is 59.7 Å². The Kier molecular flexibility index (Phi) is 12.1. The van der Waals surface area contributed by atoms with E-state index in [2.05, 4.69) is 55.6 Å². The number of unbranched alkanes of at least 4 members (excludes halogenated alkanes) is 4. The Morgan fingerprint density at radius 3 is 2.37 bits per heavy atom. The molecule has 166 valence electrons. The average molecular weight is 412 g/mol. The first-order valence-electron chi connectivity index (χ1n) is 11.8. The first kappa shape index (κ1) is 24.3. The predicted octanol–water partition coefficient (Wildman–Crippen LogP) is 6.59. The minimum atomic E-state index is 0.525. The molecule has 0 aromatic heterocycles. The molecule has 2 rings (SSSR count). The third-order valence-corrected chi connectivity index (χ3v) is 5.54. The molecule has 0 bridgehead atoms. The summed E-state index contributed by atoms with van der Waals surface area (Å²) in [5.41, 5.74) is 2.60. The first-order valence-corrected chi connectivity index (χ1v) is 11.8. The molecule has 0 aliphatic carbocycles. The van der Waals surface area contributed by atoms with Crippen molar-refractivity contribution in [2.24, 2.45) is 0 Å². The van der Waals surface area contributed by atoms with Crippen molar-refractivity contribution >= 4 is 0 Å². The molecule has 3 heteroatoms. The van der Waals surface area contributed by atoms with E-state index in [-0.39, 0.29) is 0 Å². The molecule has 0 unspecified atom stereocenters. The number of hydrogen-bond donors (Lipinski definition) is 1. The van der Waals surface area contributed by atoms with Gasteiger partial charge in [0.15, 0.2) is 11.5 Å². The van der Waals surface area contributed by atoms with E-state index in [0.717, 1.165) is 30.9 Å². The minimum Gasteiger partial charge on any atom is -0.493 e. The smallest absolute Gasteiger partial charge is 0.161 e. The van der Waals surface area contributed by atoms with E-state index in [1.807, 2.05) is 12.1 Å². The van der Waals surface area contributed by atoms with Gasteiger partial charge < -0.3 is 14.8 Å². The Balaban J connectivity index is 1.93. The molecule has 1 N–H and O–H groups in total. The van der Waals surface area contributed by atoms with Gasteiger partial charge in [0.1, 0.15) is 0 Å². The van der Waals surface area contributed by atoms with Crippen molar-refractivity contribution in [2.45, 2.75) is 77.7 Å². The van der Waals surface area contributed by atoms with E-state index >= 15 is 0 Å². The van der Waals surface area contributed by atoms with Crippen LogP contribution in [0, 0.1) is 0 Å². The van der Waals surface area contributed by atoms with Crippen LogP contribution in [0.1, 0.15) is 69.9 Å². The fraction of sp³-hybridized carbons (Fsp3) is 0.556. The van der Waals surface area contributed by atoms with Crippen LogP contribution in [0.4, 0.5) is 0 Å². The molecule has 0 aliphatic heterocycles. The number of hydrogen-bond acceptors (Lipinski definition) is 3. The van der Waals surface area contributed by atoms with Crippen LogP contribution in [-0.4, -0.2) is 26.3 Å². The van der Waals surface area contributed by atoms with Crippen molar-refractivity contribution in [2.75, 3.05) is 20.3 Å². The highest BCUT2D eigenvalue weighted by Crippen LogP contribution is 2.29. The van der Waals surface area contributed by atoms with Crippen molar-refractivity contribution < 1.29 is 9.47 Å². The van der Waals surface area contributed by atoms with Gasteiger partial charge in [-0.2, -0.15) is 0 Å². The van der Waals surface area contributed by atoms with Gasteiger partial charge in [-0.15, -0.1) is 0 Å². The summed E-state index contributed by atoms with van der Waals surface area (Å²) in [7, 11) is 1.71. The van der Waals surface area contributed by atoms with Gasteiger partial charge in [0.05, 0.1) is 13.7 Å². The second kappa shape index (κ2) is 14.9. The molecular formula is C27H41NO2. The quantitative estimate of drug-likeness (QED) is 0.316. The Morgan fingerprint density at radius 2 is 1.63 bits per heavy atom. The summed E-state index contributed by atoms with van der Waals surface area (Å²) in [4.78, 5) is 0. The molecule has 0 fully saturated rings. The average Bonchev–Trinajstić information content (AvgIpc) is 2.78. The molecule has 30 heavy (non-hydrogen) atoms. The van der Waals surface area contributed by atoms with Crippen molar-refractivity contribution in [3.8, 4) is 11.5 Å². The molecule has 0 amide bonds. The molecule has 2 aromatic carbocycles. The highest BCUT2D eigenvalue weighted by Gasteiger charge is 2.12. The molecule has 0 radical (unpaired) electrons. The lowest BCUT2D eigenvalue weighted by molar-refractivity contribution is 0.297. The van der Waals surface area contributed by atoms with Gasteiger partial charge in [0.2, 0.25) is 0 Å². The second-order valence-electron chi connectivity index (χ2n) is 8.13. The molecule has 0 saturated heterocycles. The Morgan fingerprint density at radius 1 is 0.833 bits per heavy atom. The van der Waals surface area contributed by atoms with E-state index < -0.39 is 0 Å². The van der Waals surface area contributed by atoms with Gasteiger partial charge in [-0.25, -0.2) is 0 Å². The highest BCUT2D eigenvalue weighted by molar-refractivity contribution is 5.43. The first-order chi connectivity index (χ1) is 14.8. The molecular weight excluding hydrogens is 370 g/mol. The maximum Gasteiger partial charge on any atom is 0.161 e. The van der Waals surface area contributed by atoms with Gasteiger partial charge in [-0.3, -0.25) is 0 Å². The molecule has 1 atom stereocenters. The van der Waals surface area contributed by atoms with Crippen LogP contribution in [0.15, 0.2) is 48.5 Å². The van der Waals surface area contributed by atoms with Gasteiger partial charge in [-0.1, -0.05) is 82.3 Å². The van der Waals surface area contributed by atoms with Crippen LogP contribution < -0.4 is 14.8 Å². The van der Waals surface area contributed by atoms with Crippen molar-refractivity contribution in [1.29, 1.82) is 0 Å². The summed E-state index contributed by atoms with van der Waals surface area (Å²) in [6.07, 6.45) is 11.0. The summed E-state index contributed by atoms with van der Waals surface area (Å²) >= 11 is 0. The molecule has 3 nitrogen and oxygen atoms in total. The van der Waals surface area contributed by atoms with E-state index in [1.54, 1.807) is 7.11 Å².